The van der Waals surface area contributed by atoms with Crippen LogP contribution in [0.15, 0.2) is 90.3 Å². The third-order valence-corrected chi connectivity index (χ3v) is 8.02. The summed E-state index contributed by atoms with van der Waals surface area (Å²) in [6, 6.07) is 30.4. The summed E-state index contributed by atoms with van der Waals surface area (Å²) in [6.45, 7) is 6.35. The number of thiazole rings is 1. The van der Waals surface area contributed by atoms with E-state index in [1.807, 2.05) is 10.3 Å². The van der Waals surface area contributed by atoms with E-state index >= 15 is 0 Å². The molecule has 1 fully saturated rings. The fourth-order valence-corrected chi connectivity index (χ4v) is 5.94. The van der Waals surface area contributed by atoms with Crippen molar-refractivity contribution in [3.8, 4) is 0 Å². The van der Waals surface area contributed by atoms with Crippen LogP contribution in [-0.4, -0.2) is 40.3 Å². The van der Waals surface area contributed by atoms with Crippen molar-refractivity contribution in [2.75, 3.05) is 19.6 Å². The highest BCUT2D eigenvalue weighted by Gasteiger charge is 2.23. The van der Waals surface area contributed by atoms with Crippen LogP contribution >= 0.6 is 11.3 Å². The normalized spacial score (nSPS) is 13.5. The van der Waals surface area contributed by atoms with Gasteiger partial charge in [0.25, 0.3) is 5.91 Å². The largest absolute Gasteiger partial charge is 0.337 e. The van der Waals surface area contributed by atoms with Gasteiger partial charge in [0.1, 0.15) is 10.7 Å². The van der Waals surface area contributed by atoms with Crippen LogP contribution in [0.2, 0.25) is 0 Å². The molecule has 5 rings (SSSR count). The third kappa shape index (κ3) is 6.73. The first-order valence-electron chi connectivity index (χ1n) is 13.3. The number of amides is 1. The van der Waals surface area contributed by atoms with Crippen molar-refractivity contribution in [3.05, 3.63) is 123 Å². The van der Waals surface area contributed by atoms with Gasteiger partial charge < -0.3 is 4.90 Å². The van der Waals surface area contributed by atoms with Gasteiger partial charge in [0.05, 0.1) is 6.54 Å². The molecule has 1 aliphatic heterocycles. The van der Waals surface area contributed by atoms with Crippen LogP contribution in [0.4, 0.5) is 0 Å². The van der Waals surface area contributed by atoms with Crippen molar-refractivity contribution in [2.24, 2.45) is 0 Å². The molecule has 2 heterocycles. The Morgan fingerprint density at radius 1 is 0.892 bits per heavy atom. The molecule has 190 valence electrons. The molecule has 0 unspecified atom stereocenters. The molecule has 0 radical (unpaired) electrons. The predicted octanol–water partition coefficient (Wildman–Crippen LogP) is 6.91. The Morgan fingerprint density at radius 3 is 2.14 bits per heavy atom. The van der Waals surface area contributed by atoms with Crippen LogP contribution in [0, 0.1) is 6.92 Å². The first-order valence-corrected chi connectivity index (χ1v) is 14.1. The lowest BCUT2D eigenvalue weighted by Crippen LogP contribution is -2.28. The molecule has 0 saturated carbocycles. The standard InChI is InChI=1S/C32H35N3OS/c1-25-14-16-26(17-15-25)22-34(23-31-33-30(24-37-31)32(36)35-19-8-9-20-35)21-18-29(27-10-4-2-5-11-27)28-12-6-3-7-13-28/h2-7,10-17,24,29H,8-9,18-23H2,1H3. The molecule has 4 nitrogen and oxygen atoms in total. The molecule has 5 heteroatoms. The average Bonchev–Trinajstić information content (AvgIpc) is 3.64. The quantitative estimate of drug-likeness (QED) is 0.233. The van der Waals surface area contributed by atoms with Crippen molar-refractivity contribution in [2.45, 2.75) is 45.2 Å². The molecule has 1 aromatic heterocycles. The molecule has 3 aromatic carbocycles. The number of carbonyl (C=O) groups is 1. The summed E-state index contributed by atoms with van der Waals surface area (Å²) in [6.07, 6.45) is 3.19. The highest BCUT2D eigenvalue weighted by atomic mass is 32.1. The van der Waals surface area contributed by atoms with Crippen LogP contribution in [0.25, 0.3) is 0 Å². The van der Waals surface area contributed by atoms with Gasteiger partial charge in [-0.1, -0.05) is 90.5 Å². The molecule has 0 bridgehead atoms. The van der Waals surface area contributed by atoms with Gasteiger partial charge in [-0.05, 0) is 49.4 Å². The van der Waals surface area contributed by atoms with Gasteiger partial charge in [-0.2, -0.15) is 0 Å². The van der Waals surface area contributed by atoms with Crippen LogP contribution in [0.5, 0.6) is 0 Å². The Labute approximate surface area is 224 Å². The maximum Gasteiger partial charge on any atom is 0.273 e. The van der Waals surface area contributed by atoms with Gasteiger partial charge in [-0.25, -0.2) is 4.98 Å². The van der Waals surface area contributed by atoms with Gasteiger partial charge >= 0.3 is 0 Å². The highest BCUT2D eigenvalue weighted by Crippen LogP contribution is 2.29. The monoisotopic (exact) mass is 509 g/mol. The molecule has 0 atom stereocenters. The third-order valence-electron chi connectivity index (χ3n) is 7.19. The summed E-state index contributed by atoms with van der Waals surface area (Å²) in [5, 5.41) is 2.95. The Bertz CT molecular complexity index is 1220. The number of rotatable bonds is 10. The van der Waals surface area contributed by atoms with Gasteiger partial charge in [0, 0.05) is 30.9 Å². The van der Waals surface area contributed by atoms with Crippen molar-refractivity contribution < 1.29 is 4.79 Å². The van der Waals surface area contributed by atoms with E-state index < -0.39 is 0 Å². The Morgan fingerprint density at radius 2 is 1.51 bits per heavy atom. The number of likely N-dealkylation sites (tertiary alicyclic amines) is 1. The molecule has 1 saturated heterocycles. The van der Waals surface area contributed by atoms with E-state index in [9.17, 15) is 4.79 Å². The van der Waals surface area contributed by atoms with Crippen molar-refractivity contribution >= 4 is 17.2 Å². The number of benzene rings is 3. The number of hydrogen-bond acceptors (Lipinski definition) is 4. The second-order valence-corrected chi connectivity index (χ2v) is 10.9. The molecule has 0 aliphatic carbocycles. The second-order valence-electron chi connectivity index (χ2n) is 9.98. The zero-order valence-electron chi connectivity index (χ0n) is 21.6. The van der Waals surface area contributed by atoms with E-state index in [1.54, 1.807) is 11.3 Å². The summed E-state index contributed by atoms with van der Waals surface area (Å²) in [7, 11) is 0. The van der Waals surface area contributed by atoms with E-state index in [0.29, 0.717) is 11.6 Å². The number of nitrogens with zero attached hydrogens (tertiary/aromatic N) is 3. The predicted molar refractivity (Wildman–Crippen MR) is 152 cm³/mol. The zero-order valence-corrected chi connectivity index (χ0v) is 22.4. The zero-order chi connectivity index (χ0) is 25.5. The van der Waals surface area contributed by atoms with Crippen LogP contribution in [0.3, 0.4) is 0 Å². The second kappa shape index (κ2) is 12.3. The van der Waals surface area contributed by atoms with Crippen molar-refractivity contribution in [1.82, 2.24) is 14.8 Å². The number of aromatic nitrogens is 1. The van der Waals surface area contributed by atoms with E-state index in [-0.39, 0.29) is 5.91 Å². The lowest BCUT2D eigenvalue weighted by molar-refractivity contribution is 0.0787. The molecule has 0 spiro atoms. The van der Waals surface area contributed by atoms with E-state index in [4.69, 9.17) is 4.98 Å². The Balaban J connectivity index is 1.34. The fraction of sp³-hybridized carbons (Fsp3) is 0.312. The van der Waals surface area contributed by atoms with E-state index in [1.165, 1.54) is 22.3 Å². The first kappa shape index (κ1) is 25.4. The fourth-order valence-electron chi connectivity index (χ4n) is 5.13. The van der Waals surface area contributed by atoms with Gasteiger partial charge in [-0.15, -0.1) is 11.3 Å². The molecular formula is C32H35N3OS. The van der Waals surface area contributed by atoms with Crippen molar-refractivity contribution in [1.29, 1.82) is 0 Å². The SMILES string of the molecule is Cc1ccc(CN(CCC(c2ccccc2)c2ccccc2)Cc2nc(C(=O)N3CCCC3)cs2)cc1. The molecule has 1 aliphatic rings. The van der Waals surface area contributed by atoms with Crippen LogP contribution in [0.1, 0.15) is 62.9 Å². The molecular weight excluding hydrogens is 474 g/mol. The topological polar surface area (TPSA) is 36.4 Å². The number of carbonyl (C=O) groups excluding carboxylic acids is 1. The summed E-state index contributed by atoms with van der Waals surface area (Å²) < 4.78 is 0. The Hall–Kier alpha value is -3.28. The van der Waals surface area contributed by atoms with Crippen LogP contribution in [-0.2, 0) is 13.1 Å². The van der Waals surface area contributed by atoms with Crippen LogP contribution < -0.4 is 0 Å². The summed E-state index contributed by atoms with van der Waals surface area (Å²) >= 11 is 1.60. The average molecular weight is 510 g/mol. The number of aryl methyl sites for hydroxylation is 1. The summed E-state index contributed by atoms with van der Waals surface area (Å²) in [5.41, 5.74) is 5.86. The molecule has 0 N–H and O–H groups in total. The molecule has 1 amide bonds. The van der Waals surface area contributed by atoms with Gasteiger partial charge in [0.15, 0.2) is 0 Å². The molecule has 37 heavy (non-hydrogen) atoms. The first-order chi connectivity index (χ1) is 18.2. The number of hydrogen-bond donors (Lipinski definition) is 0. The van der Waals surface area contributed by atoms with Crippen molar-refractivity contribution in [3.63, 3.8) is 0 Å². The lowest BCUT2D eigenvalue weighted by atomic mass is 9.88. The smallest absolute Gasteiger partial charge is 0.273 e. The van der Waals surface area contributed by atoms with Gasteiger partial charge in [0.2, 0.25) is 0 Å². The highest BCUT2D eigenvalue weighted by molar-refractivity contribution is 7.09. The summed E-state index contributed by atoms with van der Waals surface area (Å²) in [5.74, 6) is 0.407. The lowest BCUT2D eigenvalue weighted by Gasteiger charge is -2.25. The van der Waals surface area contributed by atoms with E-state index in [2.05, 4.69) is 96.8 Å². The summed E-state index contributed by atoms with van der Waals surface area (Å²) in [4.78, 5) is 22.1. The van der Waals surface area contributed by atoms with Gasteiger partial charge in [-0.3, -0.25) is 9.69 Å². The Kier molecular flexibility index (Phi) is 8.44. The minimum absolute atomic E-state index is 0.0818. The minimum atomic E-state index is 0.0818. The minimum Gasteiger partial charge on any atom is -0.337 e. The molecule has 4 aromatic rings. The maximum absolute atomic E-state index is 12.9. The van der Waals surface area contributed by atoms with E-state index in [0.717, 1.165) is 57.0 Å². The maximum atomic E-state index is 12.9.